The number of hydrogen-bond acceptors (Lipinski definition) is 5. The number of benzene rings is 2. The lowest BCUT2D eigenvalue weighted by Gasteiger charge is -2.34. The average Bonchev–Trinajstić information content (AvgIpc) is 3.27. The molecule has 1 aliphatic heterocycles. The van der Waals surface area contributed by atoms with Gasteiger partial charge in [0.2, 0.25) is 0 Å². The number of urea groups is 1. The minimum absolute atomic E-state index is 0.0386. The van der Waals surface area contributed by atoms with E-state index in [1.165, 1.54) is 12.1 Å². The molecule has 1 N–H and O–H groups in total. The van der Waals surface area contributed by atoms with Gasteiger partial charge in [-0.15, -0.1) is 11.3 Å². The van der Waals surface area contributed by atoms with Crippen molar-refractivity contribution in [2.75, 3.05) is 33.3 Å². The van der Waals surface area contributed by atoms with E-state index in [1.807, 2.05) is 34.5 Å². The van der Waals surface area contributed by atoms with Gasteiger partial charge in [-0.1, -0.05) is 12.1 Å². The summed E-state index contributed by atoms with van der Waals surface area (Å²) < 4.78 is 18.3. The van der Waals surface area contributed by atoms with Crippen LogP contribution < -0.4 is 10.1 Å². The highest BCUT2D eigenvalue weighted by Gasteiger charge is 2.21. The van der Waals surface area contributed by atoms with Crippen LogP contribution in [0, 0.1) is 5.82 Å². The van der Waals surface area contributed by atoms with E-state index in [9.17, 15) is 9.18 Å². The standard InChI is InChI=1S/C23H25FN4O2S/c1-30-20-8-2-17(3-9-20)14-25-23(29)28-12-10-27(11-13-28)15-22-26-21(16-31-22)18-4-6-19(24)7-5-18/h2-9,16H,10-15H2,1H3,(H,25,29). The third-order valence-corrected chi connectivity index (χ3v) is 6.15. The maximum absolute atomic E-state index is 13.1. The molecule has 0 atom stereocenters. The summed E-state index contributed by atoms with van der Waals surface area (Å²) in [6, 6.07) is 14.0. The maximum atomic E-state index is 13.1. The second-order valence-corrected chi connectivity index (χ2v) is 8.35. The van der Waals surface area contributed by atoms with E-state index in [0.29, 0.717) is 19.6 Å². The van der Waals surface area contributed by atoms with Gasteiger partial charge >= 0.3 is 6.03 Å². The summed E-state index contributed by atoms with van der Waals surface area (Å²) in [6.07, 6.45) is 0. The van der Waals surface area contributed by atoms with Gasteiger partial charge in [0.05, 0.1) is 19.3 Å². The van der Waals surface area contributed by atoms with Crippen LogP contribution in [-0.4, -0.2) is 54.1 Å². The van der Waals surface area contributed by atoms with Crippen molar-refractivity contribution in [2.24, 2.45) is 0 Å². The molecular formula is C23H25FN4O2S. The molecule has 0 saturated carbocycles. The molecule has 2 amide bonds. The van der Waals surface area contributed by atoms with E-state index in [1.54, 1.807) is 30.6 Å². The molecule has 2 aromatic carbocycles. The Balaban J connectivity index is 1.23. The van der Waals surface area contributed by atoms with Crippen LogP contribution >= 0.6 is 11.3 Å². The first-order valence-electron chi connectivity index (χ1n) is 10.2. The first kappa shape index (κ1) is 21.3. The quantitative estimate of drug-likeness (QED) is 0.630. The summed E-state index contributed by atoms with van der Waals surface area (Å²) in [7, 11) is 1.63. The third-order valence-electron chi connectivity index (χ3n) is 5.31. The van der Waals surface area contributed by atoms with Crippen molar-refractivity contribution >= 4 is 17.4 Å². The van der Waals surface area contributed by atoms with E-state index >= 15 is 0 Å². The van der Waals surface area contributed by atoms with E-state index in [-0.39, 0.29) is 11.8 Å². The highest BCUT2D eigenvalue weighted by atomic mass is 32.1. The Bertz CT molecular complexity index is 999. The van der Waals surface area contributed by atoms with Crippen LogP contribution in [0.4, 0.5) is 9.18 Å². The molecule has 1 aliphatic rings. The lowest BCUT2D eigenvalue weighted by Crippen LogP contribution is -2.51. The van der Waals surface area contributed by atoms with Crippen LogP contribution in [0.25, 0.3) is 11.3 Å². The van der Waals surface area contributed by atoms with Gasteiger partial charge in [-0.3, -0.25) is 4.90 Å². The molecule has 4 rings (SSSR count). The number of nitrogens with zero attached hydrogens (tertiary/aromatic N) is 3. The number of thiazole rings is 1. The zero-order valence-corrected chi connectivity index (χ0v) is 18.2. The minimum atomic E-state index is -0.245. The van der Waals surface area contributed by atoms with Gasteiger partial charge in [-0.2, -0.15) is 0 Å². The van der Waals surface area contributed by atoms with E-state index in [2.05, 4.69) is 15.2 Å². The zero-order valence-electron chi connectivity index (χ0n) is 17.4. The lowest BCUT2D eigenvalue weighted by molar-refractivity contribution is 0.135. The van der Waals surface area contributed by atoms with Crippen LogP contribution in [0.1, 0.15) is 10.6 Å². The maximum Gasteiger partial charge on any atom is 0.317 e. The fraction of sp³-hybridized carbons (Fsp3) is 0.304. The summed E-state index contributed by atoms with van der Waals surface area (Å²) >= 11 is 1.61. The van der Waals surface area contributed by atoms with Gasteiger partial charge in [-0.25, -0.2) is 14.2 Å². The Hall–Kier alpha value is -2.97. The number of aromatic nitrogens is 1. The molecule has 1 saturated heterocycles. The van der Waals surface area contributed by atoms with E-state index in [4.69, 9.17) is 4.74 Å². The summed E-state index contributed by atoms with van der Waals surface area (Å²) in [4.78, 5) is 21.3. The van der Waals surface area contributed by atoms with Gasteiger partial charge in [0.15, 0.2) is 0 Å². The van der Waals surface area contributed by atoms with Gasteiger partial charge in [0, 0.05) is 43.7 Å². The highest BCUT2D eigenvalue weighted by molar-refractivity contribution is 7.09. The molecule has 1 fully saturated rings. The van der Waals surface area contributed by atoms with Crippen LogP contribution in [-0.2, 0) is 13.1 Å². The predicted octanol–water partition coefficient (Wildman–Crippen LogP) is 3.99. The first-order valence-corrected chi connectivity index (χ1v) is 11.1. The van der Waals surface area contributed by atoms with Crippen LogP contribution in [0.15, 0.2) is 53.9 Å². The molecule has 6 nitrogen and oxygen atoms in total. The Morgan fingerprint density at radius 2 is 1.81 bits per heavy atom. The molecule has 0 spiro atoms. The molecule has 0 unspecified atom stereocenters. The number of piperazine rings is 1. The molecular weight excluding hydrogens is 415 g/mol. The second kappa shape index (κ2) is 9.89. The lowest BCUT2D eigenvalue weighted by atomic mass is 10.2. The molecule has 3 aromatic rings. The number of amides is 2. The number of carbonyl (C=O) groups is 1. The molecule has 8 heteroatoms. The van der Waals surface area contributed by atoms with Crippen LogP contribution in [0.5, 0.6) is 5.75 Å². The van der Waals surface area contributed by atoms with Crippen molar-refractivity contribution in [3.05, 3.63) is 70.3 Å². The van der Waals surface area contributed by atoms with Gasteiger partial charge < -0.3 is 15.0 Å². The number of ether oxygens (including phenoxy) is 1. The van der Waals surface area contributed by atoms with E-state index < -0.39 is 0 Å². The smallest absolute Gasteiger partial charge is 0.317 e. The Morgan fingerprint density at radius 3 is 2.48 bits per heavy atom. The highest BCUT2D eigenvalue weighted by Crippen LogP contribution is 2.23. The van der Waals surface area contributed by atoms with Crippen molar-refractivity contribution in [3.63, 3.8) is 0 Å². The number of rotatable bonds is 6. The van der Waals surface area contributed by atoms with Crippen molar-refractivity contribution in [2.45, 2.75) is 13.1 Å². The Morgan fingerprint density at radius 1 is 1.10 bits per heavy atom. The van der Waals surface area contributed by atoms with Crippen LogP contribution in [0.2, 0.25) is 0 Å². The molecule has 31 heavy (non-hydrogen) atoms. The Kier molecular flexibility index (Phi) is 6.79. The normalized spacial score (nSPS) is 14.5. The first-order chi connectivity index (χ1) is 15.1. The fourth-order valence-corrected chi connectivity index (χ4v) is 4.31. The van der Waals surface area contributed by atoms with E-state index in [0.717, 1.165) is 47.2 Å². The monoisotopic (exact) mass is 440 g/mol. The summed E-state index contributed by atoms with van der Waals surface area (Å²) in [5, 5.41) is 6.02. The topological polar surface area (TPSA) is 57.7 Å². The fourth-order valence-electron chi connectivity index (χ4n) is 3.47. The van der Waals surface area contributed by atoms with Crippen LogP contribution in [0.3, 0.4) is 0 Å². The number of halogens is 1. The molecule has 0 aliphatic carbocycles. The average molecular weight is 441 g/mol. The number of methoxy groups -OCH3 is 1. The summed E-state index contributed by atoms with van der Waals surface area (Å²) in [6.45, 7) is 4.24. The Labute approximate surface area is 185 Å². The number of nitrogens with one attached hydrogen (secondary N) is 1. The minimum Gasteiger partial charge on any atom is -0.497 e. The SMILES string of the molecule is COc1ccc(CNC(=O)N2CCN(Cc3nc(-c4ccc(F)cc4)cs3)CC2)cc1. The third kappa shape index (κ3) is 5.59. The molecule has 1 aromatic heterocycles. The predicted molar refractivity (Wildman–Crippen MR) is 120 cm³/mol. The molecule has 2 heterocycles. The zero-order chi connectivity index (χ0) is 21.6. The molecule has 162 valence electrons. The van der Waals surface area contributed by atoms with Crippen molar-refractivity contribution in [1.29, 1.82) is 0 Å². The number of hydrogen-bond donors (Lipinski definition) is 1. The van der Waals surface area contributed by atoms with Gasteiger partial charge in [0.1, 0.15) is 16.6 Å². The second-order valence-electron chi connectivity index (χ2n) is 7.40. The molecule has 0 bridgehead atoms. The number of carbonyl (C=O) groups excluding carboxylic acids is 1. The van der Waals surface area contributed by atoms with Crippen molar-refractivity contribution in [3.8, 4) is 17.0 Å². The van der Waals surface area contributed by atoms with Gasteiger partial charge in [0.25, 0.3) is 0 Å². The summed E-state index contributed by atoms with van der Waals surface area (Å²) in [5.41, 5.74) is 2.83. The van der Waals surface area contributed by atoms with Crippen molar-refractivity contribution < 1.29 is 13.9 Å². The molecule has 0 radical (unpaired) electrons. The van der Waals surface area contributed by atoms with Crippen molar-refractivity contribution in [1.82, 2.24) is 20.1 Å². The largest absolute Gasteiger partial charge is 0.497 e. The summed E-state index contributed by atoms with van der Waals surface area (Å²) in [5.74, 6) is 0.557. The van der Waals surface area contributed by atoms with Gasteiger partial charge in [-0.05, 0) is 42.0 Å².